The second-order valence-electron chi connectivity index (χ2n) is 3.06. The van der Waals surface area contributed by atoms with Crippen LogP contribution >= 0.6 is 15.9 Å². The van der Waals surface area contributed by atoms with E-state index in [9.17, 15) is 53.1 Å². The smallest absolute Gasteiger partial charge is 0.285 e. The molecule has 114 valence electrons. The molecule has 0 fully saturated rings. The molecule has 1 atom stereocenters. The first-order valence-electron chi connectivity index (χ1n) is 3.72. The maximum absolute atomic E-state index is 13.1. The molecule has 0 aromatic rings. The summed E-state index contributed by atoms with van der Waals surface area (Å²) in [6.07, 6.45) is -20.8. The van der Waals surface area contributed by atoms with E-state index in [0.29, 0.717) is 15.9 Å². The lowest BCUT2D eigenvalue weighted by molar-refractivity contribution is -0.359. The highest BCUT2D eigenvalue weighted by Crippen LogP contribution is 2.57. The van der Waals surface area contributed by atoms with Crippen LogP contribution in [0, 0.1) is 0 Å². The lowest BCUT2D eigenvalue weighted by Crippen LogP contribution is -2.68. The third-order valence-electron chi connectivity index (χ3n) is 1.76. The number of Topliss-reactive ketones (excluding diaryl/α,β-unsaturated/α-hetero) is 1. The molecule has 0 saturated carbocycles. The quantitative estimate of drug-likeness (QED) is 0.525. The van der Waals surface area contributed by atoms with Crippen molar-refractivity contribution in [3.63, 3.8) is 0 Å². The summed E-state index contributed by atoms with van der Waals surface area (Å²) in [6, 6.07) is 0. The minimum atomic E-state index is -7.16. The first-order chi connectivity index (χ1) is 7.90. The van der Waals surface area contributed by atoms with Crippen molar-refractivity contribution in [2.24, 2.45) is 0 Å². The molecule has 0 aromatic heterocycles. The van der Waals surface area contributed by atoms with Gasteiger partial charge in [0.25, 0.3) is 10.4 Å². The van der Waals surface area contributed by atoms with Crippen molar-refractivity contribution in [1.29, 1.82) is 0 Å². The predicted molar refractivity (Wildman–Crippen MR) is 39.8 cm³/mol. The van der Waals surface area contributed by atoms with E-state index >= 15 is 0 Å². The summed E-state index contributed by atoms with van der Waals surface area (Å²) in [5.41, 5.74) is -7.07. The maximum Gasteiger partial charge on any atom is 0.454 e. The van der Waals surface area contributed by atoms with Crippen molar-refractivity contribution in [2.45, 2.75) is 28.8 Å². The van der Waals surface area contributed by atoms with Crippen LogP contribution in [0.15, 0.2) is 0 Å². The fourth-order valence-electron chi connectivity index (χ4n) is 0.851. The summed E-state index contributed by atoms with van der Waals surface area (Å²) >= 11 is 0.626. The second kappa shape index (κ2) is 4.45. The van der Waals surface area contributed by atoms with Gasteiger partial charge in [-0.2, -0.15) is 39.5 Å². The van der Waals surface area contributed by atoms with Gasteiger partial charge in [0.05, 0.1) is 0 Å². The minimum Gasteiger partial charge on any atom is -0.285 e. The van der Waals surface area contributed by atoms with Gasteiger partial charge in [0.15, 0.2) is 0 Å². The summed E-state index contributed by atoms with van der Waals surface area (Å²) in [5.74, 6) is -4.21. The number of carbonyl (C=O) groups is 1. The molecule has 0 aliphatic rings. The third-order valence-corrected chi connectivity index (χ3v) is 2.66. The second-order valence-corrected chi connectivity index (χ2v) is 4.15. The Kier molecular flexibility index (Phi) is 4.30. The Balaban J connectivity index is 6.15. The van der Waals surface area contributed by atoms with Crippen LogP contribution in [-0.4, -0.2) is 34.6 Å². The van der Waals surface area contributed by atoms with Gasteiger partial charge in [-0.3, -0.25) is 4.79 Å². The van der Waals surface area contributed by atoms with Crippen LogP contribution in [0.25, 0.3) is 0 Å². The van der Waals surface area contributed by atoms with Crippen molar-refractivity contribution in [3.05, 3.63) is 0 Å². The predicted octanol–water partition coefficient (Wildman–Crippen LogP) is 4.01. The molecule has 0 rings (SSSR count). The van der Waals surface area contributed by atoms with Crippen LogP contribution in [0.4, 0.5) is 48.3 Å². The molecule has 0 bridgehead atoms. The van der Waals surface area contributed by atoms with Gasteiger partial charge >= 0.3 is 24.2 Å². The van der Waals surface area contributed by atoms with Crippen molar-refractivity contribution >= 4 is 21.7 Å². The Labute approximate surface area is 104 Å². The Morgan fingerprint density at radius 2 is 0.947 bits per heavy atom. The zero-order valence-corrected chi connectivity index (χ0v) is 9.53. The lowest BCUT2D eigenvalue weighted by Gasteiger charge is -2.36. The summed E-state index contributed by atoms with van der Waals surface area (Å²) in [6.45, 7) is 0. The van der Waals surface area contributed by atoms with Crippen molar-refractivity contribution in [2.75, 3.05) is 0 Å². The van der Waals surface area contributed by atoms with Gasteiger partial charge in [-0.25, -0.2) is 8.78 Å². The van der Waals surface area contributed by atoms with Gasteiger partial charge in [0.1, 0.15) is 0 Å². The SMILES string of the molecule is O=C(C(F)(F)F)C(F)(Br)C(F)(C(F)(F)F)C(F)(F)F. The summed E-state index contributed by atoms with van der Waals surface area (Å²) in [7, 11) is 0. The maximum atomic E-state index is 13.1. The molecule has 13 heteroatoms. The van der Waals surface area contributed by atoms with Crippen LogP contribution in [-0.2, 0) is 4.79 Å². The Hall–Kier alpha value is -0.620. The zero-order chi connectivity index (χ0) is 16.1. The van der Waals surface area contributed by atoms with Crippen LogP contribution in [0.3, 0.4) is 0 Å². The van der Waals surface area contributed by atoms with Gasteiger partial charge in [-0.05, 0) is 15.9 Å². The van der Waals surface area contributed by atoms with Gasteiger partial charge in [0, 0.05) is 0 Å². The highest BCUT2D eigenvalue weighted by molar-refractivity contribution is 9.10. The third kappa shape index (κ3) is 2.79. The monoisotopic (exact) mass is 376 g/mol. The number of hydrogen-bond donors (Lipinski definition) is 0. The van der Waals surface area contributed by atoms with Crippen LogP contribution < -0.4 is 0 Å². The van der Waals surface area contributed by atoms with E-state index in [1.165, 1.54) is 0 Å². The summed E-state index contributed by atoms with van der Waals surface area (Å²) < 4.78 is 127. The van der Waals surface area contributed by atoms with E-state index in [1.807, 2.05) is 0 Å². The number of ketones is 1. The van der Waals surface area contributed by atoms with Gasteiger partial charge in [-0.1, -0.05) is 0 Å². The molecule has 1 nitrogen and oxygen atoms in total. The molecule has 0 heterocycles. The fourth-order valence-corrected chi connectivity index (χ4v) is 1.53. The highest BCUT2D eigenvalue weighted by Gasteiger charge is 2.86. The average Bonchev–Trinajstić information content (AvgIpc) is 2.09. The van der Waals surface area contributed by atoms with Crippen LogP contribution in [0.2, 0.25) is 0 Å². The Morgan fingerprint density at radius 1 is 0.684 bits per heavy atom. The van der Waals surface area contributed by atoms with Gasteiger partial charge in [-0.15, -0.1) is 0 Å². The van der Waals surface area contributed by atoms with Crippen molar-refractivity contribution < 1.29 is 53.1 Å². The fraction of sp³-hybridized carbons (Fsp3) is 0.833. The Bertz CT molecular complexity index is 347. The largest absolute Gasteiger partial charge is 0.454 e. The number of alkyl halides is 12. The van der Waals surface area contributed by atoms with Crippen LogP contribution in [0.1, 0.15) is 0 Å². The molecule has 19 heavy (non-hydrogen) atoms. The standard InChI is InChI=1S/C6BrF11O/c7-2(8,1(19)3(9,10)11)4(12,5(13,14)15)6(16,17)18. The molecule has 0 aliphatic heterocycles. The number of halogens is 12. The normalized spacial score (nSPS) is 18.1. The molecule has 0 saturated heterocycles. The van der Waals surface area contributed by atoms with Crippen LogP contribution in [0.5, 0.6) is 0 Å². The summed E-state index contributed by atoms with van der Waals surface area (Å²) in [4.78, 5) is 10.2. The first-order valence-corrected chi connectivity index (χ1v) is 4.51. The lowest BCUT2D eigenvalue weighted by atomic mass is 9.94. The number of hydrogen-bond acceptors (Lipinski definition) is 1. The number of rotatable bonds is 2. The van der Waals surface area contributed by atoms with E-state index in [-0.39, 0.29) is 0 Å². The van der Waals surface area contributed by atoms with Gasteiger partial charge < -0.3 is 0 Å². The van der Waals surface area contributed by atoms with E-state index in [1.54, 1.807) is 0 Å². The Morgan fingerprint density at radius 3 is 1.11 bits per heavy atom. The molecule has 0 amide bonds. The van der Waals surface area contributed by atoms with E-state index in [0.717, 1.165) is 0 Å². The topological polar surface area (TPSA) is 17.1 Å². The van der Waals surface area contributed by atoms with E-state index in [4.69, 9.17) is 0 Å². The van der Waals surface area contributed by atoms with Crippen molar-refractivity contribution in [1.82, 2.24) is 0 Å². The molecule has 0 aliphatic carbocycles. The van der Waals surface area contributed by atoms with E-state index < -0.39 is 34.6 Å². The van der Waals surface area contributed by atoms with E-state index in [2.05, 4.69) is 0 Å². The molecular formula is C6BrF11O. The molecule has 0 spiro atoms. The first kappa shape index (κ1) is 18.4. The minimum absolute atomic E-state index is 0.626. The molecular weight excluding hydrogens is 377 g/mol. The molecule has 0 aromatic carbocycles. The highest BCUT2D eigenvalue weighted by atomic mass is 79.9. The van der Waals surface area contributed by atoms with Crippen molar-refractivity contribution in [3.8, 4) is 0 Å². The molecule has 1 unspecified atom stereocenters. The average molecular weight is 377 g/mol. The zero-order valence-electron chi connectivity index (χ0n) is 7.94. The molecule has 0 N–H and O–H groups in total. The number of carbonyl (C=O) groups excluding carboxylic acids is 1. The van der Waals surface area contributed by atoms with Gasteiger partial charge in [0.2, 0.25) is 0 Å². The summed E-state index contributed by atoms with van der Waals surface area (Å²) in [5, 5.41) is 0. The molecule has 0 radical (unpaired) electrons.